The lowest BCUT2D eigenvalue weighted by molar-refractivity contribution is -0.162. The maximum absolute atomic E-state index is 13.0. The average Bonchev–Trinajstić information content (AvgIpc) is 3.01. The van der Waals surface area contributed by atoms with Gasteiger partial charge in [-0.3, -0.25) is 0 Å². The summed E-state index contributed by atoms with van der Waals surface area (Å²) in [5.41, 5.74) is 0.252. The summed E-state index contributed by atoms with van der Waals surface area (Å²) in [5, 5.41) is 0. The second kappa shape index (κ2) is 6.71. The first-order chi connectivity index (χ1) is 11.9. The Hall–Kier alpha value is -2.62. The predicted molar refractivity (Wildman–Crippen MR) is 97.7 cm³/mol. The quantitative estimate of drug-likeness (QED) is 0.798. The van der Waals surface area contributed by atoms with E-state index in [1.54, 1.807) is 0 Å². The number of hydrogen-bond donors (Lipinski definition) is 0. The van der Waals surface area contributed by atoms with Crippen LogP contribution >= 0.6 is 0 Å². The van der Waals surface area contributed by atoms with Crippen LogP contribution in [0.5, 0.6) is 0 Å². The van der Waals surface area contributed by atoms with Crippen LogP contribution in [0.3, 0.4) is 0 Å². The second-order valence-electron chi connectivity index (χ2n) is 7.27. The molecule has 0 aromatic heterocycles. The summed E-state index contributed by atoms with van der Waals surface area (Å²) in [7, 11) is 0. The molecule has 0 amide bonds. The molecular weight excluding hydrogens is 314 g/mol. The van der Waals surface area contributed by atoms with Gasteiger partial charge in [-0.05, 0) is 38.5 Å². The van der Waals surface area contributed by atoms with Crippen LogP contribution in [0.15, 0.2) is 65.7 Å². The van der Waals surface area contributed by atoms with E-state index in [1.807, 2.05) is 81.4 Å². The van der Waals surface area contributed by atoms with Gasteiger partial charge in [-0.2, -0.15) is 0 Å². The molecule has 4 nitrogen and oxygen atoms in total. The molecule has 2 aromatic carbocycles. The largest absolute Gasteiger partial charge is 0.474 e. The number of ether oxygens (including phenoxy) is 2. The van der Waals surface area contributed by atoms with E-state index < -0.39 is 11.1 Å². The van der Waals surface area contributed by atoms with E-state index in [9.17, 15) is 4.79 Å². The number of benzene rings is 2. The molecular formula is C21H23NO3. The van der Waals surface area contributed by atoms with Gasteiger partial charge >= 0.3 is 5.97 Å². The molecule has 1 aliphatic heterocycles. The zero-order valence-corrected chi connectivity index (χ0v) is 14.9. The minimum Gasteiger partial charge on any atom is -0.474 e. The van der Waals surface area contributed by atoms with Crippen molar-refractivity contribution in [2.75, 3.05) is 6.61 Å². The minimum atomic E-state index is -1.06. The van der Waals surface area contributed by atoms with Crippen LogP contribution in [0.2, 0.25) is 0 Å². The van der Waals surface area contributed by atoms with Gasteiger partial charge in [0, 0.05) is 12.0 Å². The summed E-state index contributed by atoms with van der Waals surface area (Å²) in [4.78, 5) is 17.6. The van der Waals surface area contributed by atoms with E-state index in [0.29, 0.717) is 12.3 Å². The highest BCUT2D eigenvalue weighted by Crippen LogP contribution is 2.29. The summed E-state index contributed by atoms with van der Waals surface area (Å²) in [6, 6.07) is 19.5. The Kier molecular flexibility index (Phi) is 4.62. The Balaban J connectivity index is 1.96. The number of aliphatic imine (C=N–C) groups is 1. The summed E-state index contributed by atoms with van der Waals surface area (Å²) in [5.74, 6) is 0.136. The lowest BCUT2D eigenvalue weighted by Crippen LogP contribution is -2.45. The number of carbonyl (C=O) groups is 1. The zero-order valence-electron chi connectivity index (χ0n) is 14.9. The van der Waals surface area contributed by atoms with E-state index in [2.05, 4.69) is 4.99 Å². The van der Waals surface area contributed by atoms with Crippen molar-refractivity contribution in [1.29, 1.82) is 0 Å². The standard InChI is InChI=1S/C21H23NO3/c1-20(2,3)25-19(23)21(14-16-10-6-4-7-11-16)15-24-18(22-21)17-12-8-5-9-13-17/h4-13H,14-15H2,1-3H3/t21-/m1/s1. The van der Waals surface area contributed by atoms with Crippen molar-refractivity contribution in [1.82, 2.24) is 0 Å². The smallest absolute Gasteiger partial charge is 0.338 e. The fraction of sp³-hybridized carbons (Fsp3) is 0.333. The number of nitrogens with zero attached hydrogens (tertiary/aromatic N) is 1. The zero-order chi connectivity index (χ0) is 17.9. The molecule has 0 radical (unpaired) electrons. The Labute approximate surface area is 148 Å². The molecule has 0 spiro atoms. The molecule has 0 bridgehead atoms. The van der Waals surface area contributed by atoms with Gasteiger partial charge in [0.1, 0.15) is 12.2 Å². The van der Waals surface area contributed by atoms with E-state index in [-0.39, 0.29) is 12.6 Å². The fourth-order valence-electron chi connectivity index (χ4n) is 2.75. The van der Waals surface area contributed by atoms with Gasteiger partial charge in [-0.15, -0.1) is 0 Å². The first-order valence-corrected chi connectivity index (χ1v) is 8.43. The number of esters is 1. The first-order valence-electron chi connectivity index (χ1n) is 8.43. The average molecular weight is 337 g/mol. The van der Waals surface area contributed by atoms with Crippen molar-refractivity contribution in [3.63, 3.8) is 0 Å². The molecule has 1 atom stereocenters. The van der Waals surface area contributed by atoms with Gasteiger partial charge in [0.2, 0.25) is 5.90 Å². The molecule has 25 heavy (non-hydrogen) atoms. The van der Waals surface area contributed by atoms with Crippen molar-refractivity contribution in [2.45, 2.75) is 38.3 Å². The lowest BCUT2D eigenvalue weighted by atomic mass is 9.92. The summed E-state index contributed by atoms with van der Waals surface area (Å²) >= 11 is 0. The van der Waals surface area contributed by atoms with E-state index in [4.69, 9.17) is 9.47 Å². The molecule has 0 saturated heterocycles. The molecule has 130 valence electrons. The molecule has 0 N–H and O–H groups in total. The van der Waals surface area contributed by atoms with E-state index in [0.717, 1.165) is 11.1 Å². The molecule has 1 heterocycles. The van der Waals surface area contributed by atoms with Crippen molar-refractivity contribution in [2.24, 2.45) is 4.99 Å². The van der Waals surface area contributed by atoms with E-state index in [1.165, 1.54) is 0 Å². The molecule has 0 unspecified atom stereocenters. The third kappa shape index (κ3) is 4.08. The number of hydrogen-bond acceptors (Lipinski definition) is 4. The highest BCUT2D eigenvalue weighted by Gasteiger charge is 2.47. The Morgan fingerprint density at radius 1 is 1.08 bits per heavy atom. The van der Waals surface area contributed by atoms with Crippen LogP contribution in [0, 0.1) is 0 Å². The number of rotatable bonds is 4. The maximum Gasteiger partial charge on any atom is 0.338 e. The van der Waals surface area contributed by atoms with Crippen molar-refractivity contribution in [3.8, 4) is 0 Å². The number of carbonyl (C=O) groups excluding carboxylic acids is 1. The third-order valence-electron chi connectivity index (χ3n) is 3.90. The van der Waals surface area contributed by atoms with Crippen LogP contribution in [0.25, 0.3) is 0 Å². The molecule has 0 aliphatic carbocycles. The van der Waals surface area contributed by atoms with Gasteiger partial charge in [0.25, 0.3) is 0 Å². The fourth-order valence-corrected chi connectivity index (χ4v) is 2.75. The maximum atomic E-state index is 13.0. The van der Waals surface area contributed by atoms with Crippen LogP contribution < -0.4 is 0 Å². The minimum absolute atomic E-state index is 0.182. The third-order valence-corrected chi connectivity index (χ3v) is 3.90. The lowest BCUT2D eigenvalue weighted by Gasteiger charge is -2.28. The Bertz CT molecular complexity index is 763. The summed E-state index contributed by atoms with van der Waals surface area (Å²) in [6.07, 6.45) is 0.444. The predicted octanol–water partition coefficient (Wildman–Crippen LogP) is 3.79. The monoisotopic (exact) mass is 337 g/mol. The van der Waals surface area contributed by atoms with E-state index >= 15 is 0 Å². The van der Waals surface area contributed by atoms with Gasteiger partial charge in [0.15, 0.2) is 5.54 Å². The highest BCUT2D eigenvalue weighted by molar-refractivity contribution is 5.99. The second-order valence-corrected chi connectivity index (χ2v) is 7.27. The Morgan fingerprint density at radius 3 is 2.28 bits per heavy atom. The Morgan fingerprint density at radius 2 is 1.68 bits per heavy atom. The molecule has 2 aromatic rings. The van der Waals surface area contributed by atoms with Crippen molar-refractivity contribution < 1.29 is 14.3 Å². The van der Waals surface area contributed by atoms with Crippen LogP contribution in [0.4, 0.5) is 0 Å². The topological polar surface area (TPSA) is 47.9 Å². The van der Waals surface area contributed by atoms with Gasteiger partial charge in [-0.1, -0.05) is 48.5 Å². The molecule has 0 saturated carbocycles. The van der Waals surface area contributed by atoms with Crippen LogP contribution in [0.1, 0.15) is 31.9 Å². The molecule has 4 heteroatoms. The van der Waals surface area contributed by atoms with Gasteiger partial charge in [-0.25, -0.2) is 9.79 Å². The molecule has 3 rings (SSSR count). The van der Waals surface area contributed by atoms with Crippen molar-refractivity contribution in [3.05, 3.63) is 71.8 Å². The molecule has 1 aliphatic rings. The molecule has 0 fully saturated rings. The highest BCUT2D eigenvalue weighted by atomic mass is 16.6. The van der Waals surface area contributed by atoms with Crippen LogP contribution in [-0.4, -0.2) is 29.6 Å². The van der Waals surface area contributed by atoms with Gasteiger partial charge in [0.05, 0.1) is 0 Å². The van der Waals surface area contributed by atoms with Crippen molar-refractivity contribution >= 4 is 11.9 Å². The summed E-state index contributed by atoms with van der Waals surface area (Å²) in [6.45, 7) is 5.76. The summed E-state index contributed by atoms with van der Waals surface area (Å²) < 4.78 is 11.5. The van der Waals surface area contributed by atoms with Crippen LogP contribution in [-0.2, 0) is 20.7 Å². The SMILES string of the molecule is CC(C)(C)OC(=O)[C@@]1(Cc2ccccc2)COC(c2ccccc2)=N1. The first kappa shape index (κ1) is 17.2. The van der Waals surface area contributed by atoms with Gasteiger partial charge < -0.3 is 9.47 Å². The normalized spacial score (nSPS) is 19.9.